The Hall–Kier alpha value is -3.11. The number of esters is 2. The van der Waals surface area contributed by atoms with Crippen molar-refractivity contribution in [2.45, 2.75) is 75.7 Å². The van der Waals surface area contributed by atoms with E-state index in [9.17, 15) is 19.5 Å². The van der Waals surface area contributed by atoms with Crippen molar-refractivity contribution in [1.29, 1.82) is 0 Å². The molecule has 196 valence electrons. The molecular weight excluding hydrogens is 470 g/mol. The molecule has 0 spiro atoms. The smallest absolute Gasteiger partial charge is 0.352 e. The number of carbonyl (C=O) groups is 3. The molecule has 10 nitrogen and oxygen atoms in total. The molecule has 0 aromatic heterocycles. The molecule has 36 heavy (non-hydrogen) atoms. The lowest BCUT2D eigenvalue weighted by Crippen LogP contribution is -2.56. The van der Waals surface area contributed by atoms with E-state index in [-0.39, 0.29) is 37.5 Å². The number of benzene rings is 1. The van der Waals surface area contributed by atoms with Crippen LogP contribution < -0.4 is 9.47 Å². The highest BCUT2D eigenvalue weighted by Crippen LogP contribution is 2.44. The van der Waals surface area contributed by atoms with E-state index in [4.69, 9.17) is 24.1 Å². The van der Waals surface area contributed by atoms with E-state index in [1.165, 1.54) is 6.92 Å². The van der Waals surface area contributed by atoms with Crippen LogP contribution in [0.2, 0.25) is 0 Å². The van der Waals surface area contributed by atoms with Gasteiger partial charge in [0.15, 0.2) is 23.7 Å². The van der Waals surface area contributed by atoms with Crippen molar-refractivity contribution in [3.05, 3.63) is 35.1 Å². The van der Waals surface area contributed by atoms with Gasteiger partial charge in [0.1, 0.15) is 5.76 Å². The number of methoxy groups -OCH3 is 1. The van der Waals surface area contributed by atoms with Gasteiger partial charge in [0, 0.05) is 18.0 Å². The summed E-state index contributed by atoms with van der Waals surface area (Å²) in [5.74, 6) is -1.35. The van der Waals surface area contributed by atoms with Gasteiger partial charge >= 0.3 is 17.9 Å². The Morgan fingerprint density at radius 2 is 2.06 bits per heavy atom. The van der Waals surface area contributed by atoms with Crippen LogP contribution in [0, 0.1) is 0 Å². The molecule has 0 amide bonds. The number of ether oxygens (including phenoxy) is 4. The molecule has 2 heterocycles. The molecule has 0 radical (unpaired) electrons. The molecule has 0 fully saturated rings. The summed E-state index contributed by atoms with van der Waals surface area (Å²) in [6.45, 7) is 2.19. The van der Waals surface area contributed by atoms with Crippen LogP contribution in [0.3, 0.4) is 0 Å². The Labute approximate surface area is 209 Å². The normalized spacial score (nSPS) is 26.1. The second kappa shape index (κ2) is 10.5. The Morgan fingerprint density at radius 3 is 2.78 bits per heavy atom. The van der Waals surface area contributed by atoms with E-state index in [1.54, 1.807) is 13.2 Å². The minimum absolute atomic E-state index is 0.162. The first-order valence-corrected chi connectivity index (χ1v) is 12.2. The molecule has 4 rings (SSSR count). The molecule has 1 aliphatic carbocycles. The molecule has 4 atom stereocenters. The highest BCUT2D eigenvalue weighted by atomic mass is 16.6. The molecule has 3 aliphatic rings. The number of rotatable bonds is 7. The van der Waals surface area contributed by atoms with Crippen LogP contribution in [0.4, 0.5) is 0 Å². The SMILES string of the molecule is COc1ccc2c3c1O[C@@H]1C[C@@](O)(CC=C1OC(=O)[C@H](C)OC(=O)CCC(=O)O)[C@@H](C2)N(C)CCC3. The summed E-state index contributed by atoms with van der Waals surface area (Å²) in [5.41, 5.74) is 1.03. The minimum atomic E-state index is -1.24. The zero-order chi connectivity index (χ0) is 26.0. The third-order valence-corrected chi connectivity index (χ3v) is 7.22. The quantitative estimate of drug-likeness (QED) is 0.533. The van der Waals surface area contributed by atoms with Gasteiger partial charge in [-0.1, -0.05) is 6.07 Å². The molecular formula is C26H33NO9. The fourth-order valence-electron chi connectivity index (χ4n) is 5.28. The highest BCUT2D eigenvalue weighted by Gasteiger charge is 2.47. The van der Waals surface area contributed by atoms with Crippen molar-refractivity contribution >= 4 is 17.9 Å². The molecule has 2 N–H and O–H groups in total. The minimum Gasteiger partial charge on any atom is -0.493 e. The molecule has 1 aromatic carbocycles. The Kier molecular flexibility index (Phi) is 7.56. The van der Waals surface area contributed by atoms with Crippen LogP contribution >= 0.6 is 0 Å². The van der Waals surface area contributed by atoms with Crippen molar-refractivity contribution in [3.63, 3.8) is 0 Å². The van der Waals surface area contributed by atoms with Gasteiger partial charge in [0.05, 0.1) is 25.6 Å². The number of carboxylic acid groups (broad SMARTS) is 1. The standard InChI is InChI=1S/C26H33NO9/c1-15(34-23(30)9-8-22(28)29)25(31)36-18-10-11-26(32)14-20(18)35-24-17-5-4-12-27(2)21(26)13-16(17)6-7-19(24)33-3/h6-7,10,15,20-21,32H,4-5,8-9,11-14H2,1-3H3,(H,28,29)/t15-,20+,21+,26-/m0/s1. The second-order valence-corrected chi connectivity index (χ2v) is 9.71. The van der Waals surface area contributed by atoms with Crippen LogP contribution in [0.5, 0.6) is 11.5 Å². The largest absolute Gasteiger partial charge is 0.493 e. The lowest BCUT2D eigenvalue weighted by atomic mass is 9.77. The first-order chi connectivity index (χ1) is 17.1. The van der Waals surface area contributed by atoms with Crippen molar-refractivity contribution in [2.75, 3.05) is 20.7 Å². The van der Waals surface area contributed by atoms with Crippen LogP contribution in [0.15, 0.2) is 24.0 Å². The third-order valence-electron chi connectivity index (χ3n) is 7.22. The number of fused-ring (bicyclic) bond motifs is 4. The van der Waals surface area contributed by atoms with Crippen molar-refractivity contribution in [2.24, 2.45) is 0 Å². The van der Waals surface area contributed by atoms with E-state index >= 15 is 0 Å². The molecule has 0 unspecified atom stereocenters. The van der Waals surface area contributed by atoms with E-state index in [0.29, 0.717) is 17.9 Å². The maximum Gasteiger partial charge on any atom is 0.352 e. The number of hydrogen-bond donors (Lipinski definition) is 2. The van der Waals surface area contributed by atoms with Crippen LogP contribution in [0.25, 0.3) is 0 Å². The summed E-state index contributed by atoms with van der Waals surface area (Å²) in [6.07, 6.45) is 1.73. The predicted molar refractivity (Wildman–Crippen MR) is 127 cm³/mol. The predicted octanol–water partition coefficient (Wildman–Crippen LogP) is 1.99. The van der Waals surface area contributed by atoms with E-state index in [2.05, 4.69) is 4.90 Å². The third kappa shape index (κ3) is 5.34. The number of nitrogens with zero attached hydrogens (tertiary/aromatic N) is 1. The number of carbonyl (C=O) groups excluding carboxylic acids is 2. The maximum absolute atomic E-state index is 12.7. The summed E-state index contributed by atoms with van der Waals surface area (Å²) >= 11 is 0. The van der Waals surface area contributed by atoms with Gasteiger partial charge < -0.3 is 34.1 Å². The number of hydrogen-bond acceptors (Lipinski definition) is 9. The first kappa shape index (κ1) is 26.0. The van der Waals surface area contributed by atoms with Crippen LogP contribution in [-0.4, -0.2) is 77.6 Å². The van der Waals surface area contributed by atoms with Gasteiger partial charge in [-0.05, 0) is 63.9 Å². The van der Waals surface area contributed by atoms with E-state index in [1.807, 2.05) is 19.2 Å². The Bertz CT molecular complexity index is 1070. The van der Waals surface area contributed by atoms with Crippen molar-refractivity contribution < 1.29 is 43.5 Å². The summed E-state index contributed by atoms with van der Waals surface area (Å²) in [5, 5.41) is 20.5. The van der Waals surface area contributed by atoms with Crippen molar-refractivity contribution in [3.8, 4) is 11.5 Å². The van der Waals surface area contributed by atoms with Gasteiger partial charge in [0.2, 0.25) is 0 Å². The van der Waals surface area contributed by atoms with Gasteiger partial charge in [0.25, 0.3) is 0 Å². The first-order valence-electron chi connectivity index (χ1n) is 12.2. The number of aliphatic carboxylic acids is 1. The zero-order valence-electron chi connectivity index (χ0n) is 20.8. The summed E-state index contributed by atoms with van der Waals surface area (Å²) in [6, 6.07) is 3.73. The average Bonchev–Trinajstić information content (AvgIpc) is 2.83. The fraction of sp³-hybridized carbons (Fsp3) is 0.577. The average molecular weight is 504 g/mol. The lowest BCUT2D eigenvalue weighted by molar-refractivity contribution is -0.166. The summed E-state index contributed by atoms with van der Waals surface area (Å²) in [4.78, 5) is 37.5. The van der Waals surface area contributed by atoms with Crippen LogP contribution in [-0.2, 0) is 36.7 Å². The molecule has 1 aromatic rings. The molecule has 10 heteroatoms. The molecule has 6 bridgehead atoms. The van der Waals surface area contributed by atoms with Crippen LogP contribution in [0.1, 0.15) is 50.2 Å². The molecule has 0 saturated heterocycles. The number of aliphatic hydroxyl groups is 1. The number of carboxylic acids is 1. The van der Waals surface area contributed by atoms with E-state index < -0.39 is 35.7 Å². The van der Waals surface area contributed by atoms with Gasteiger partial charge in [-0.15, -0.1) is 0 Å². The van der Waals surface area contributed by atoms with Gasteiger partial charge in [-0.3, -0.25) is 9.59 Å². The lowest BCUT2D eigenvalue weighted by Gasteiger charge is -2.44. The monoisotopic (exact) mass is 503 g/mol. The number of likely N-dealkylation sites (N-methyl/N-ethyl adjacent to an activating group) is 1. The maximum atomic E-state index is 12.7. The Balaban J connectivity index is 1.61. The highest BCUT2D eigenvalue weighted by molar-refractivity contribution is 5.81. The van der Waals surface area contributed by atoms with Gasteiger partial charge in [-0.2, -0.15) is 0 Å². The molecule has 2 aliphatic heterocycles. The van der Waals surface area contributed by atoms with Gasteiger partial charge in [-0.25, -0.2) is 4.79 Å². The van der Waals surface area contributed by atoms with Crippen molar-refractivity contribution in [1.82, 2.24) is 4.90 Å². The van der Waals surface area contributed by atoms with E-state index in [0.717, 1.165) is 30.5 Å². The topological polar surface area (TPSA) is 132 Å². The fourth-order valence-corrected chi connectivity index (χ4v) is 5.28. The second-order valence-electron chi connectivity index (χ2n) is 9.71. The molecule has 0 saturated carbocycles. The summed E-state index contributed by atoms with van der Waals surface area (Å²) in [7, 11) is 3.59. The summed E-state index contributed by atoms with van der Waals surface area (Å²) < 4.78 is 22.7. The zero-order valence-corrected chi connectivity index (χ0v) is 20.8. The Morgan fingerprint density at radius 1 is 1.28 bits per heavy atom.